The summed E-state index contributed by atoms with van der Waals surface area (Å²) in [5, 5.41) is 0. The second-order valence-electron chi connectivity index (χ2n) is 3.77. The van der Waals surface area contributed by atoms with E-state index in [1.54, 1.807) is 13.2 Å². The van der Waals surface area contributed by atoms with Gasteiger partial charge in [-0.25, -0.2) is 0 Å². The quantitative estimate of drug-likeness (QED) is 0.710. The monoisotopic (exact) mass is 218 g/mol. The van der Waals surface area contributed by atoms with Gasteiger partial charge in [0.25, 0.3) is 0 Å². The molecule has 0 amide bonds. The SMILES string of the molecule is CC/C=C/C(=O)Cc1cc(C)ccc1OC. The minimum absolute atomic E-state index is 0.116. The van der Waals surface area contributed by atoms with Crippen molar-refractivity contribution in [1.82, 2.24) is 0 Å². The normalized spacial score (nSPS) is 10.7. The topological polar surface area (TPSA) is 26.3 Å². The van der Waals surface area contributed by atoms with E-state index in [0.717, 1.165) is 23.3 Å². The Morgan fingerprint density at radius 1 is 1.44 bits per heavy atom. The van der Waals surface area contributed by atoms with Gasteiger partial charge < -0.3 is 4.74 Å². The van der Waals surface area contributed by atoms with Crippen LogP contribution in [-0.2, 0) is 11.2 Å². The molecule has 0 fully saturated rings. The molecule has 0 aromatic heterocycles. The van der Waals surface area contributed by atoms with E-state index in [1.807, 2.05) is 38.1 Å². The maximum atomic E-state index is 11.6. The Morgan fingerprint density at radius 3 is 2.81 bits per heavy atom. The first kappa shape index (κ1) is 12.5. The van der Waals surface area contributed by atoms with E-state index in [0.29, 0.717) is 6.42 Å². The van der Waals surface area contributed by atoms with Gasteiger partial charge in [-0.05, 0) is 25.5 Å². The van der Waals surface area contributed by atoms with Gasteiger partial charge in [0, 0.05) is 12.0 Å². The highest BCUT2D eigenvalue weighted by Gasteiger charge is 2.06. The Labute approximate surface area is 96.9 Å². The molecule has 0 heterocycles. The van der Waals surface area contributed by atoms with Crippen LogP contribution in [0.15, 0.2) is 30.4 Å². The fraction of sp³-hybridized carbons (Fsp3) is 0.357. The lowest BCUT2D eigenvalue weighted by Crippen LogP contribution is -2.01. The predicted molar refractivity (Wildman–Crippen MR) is 65.9 cm³/mol. The average Bonchev–Trinajstić information content (AvgIpc) is 2.27. The highest BCUT2D eigenvalue weighted by molar-refractivity contribution is 5.91. The number of benzene rings is 1. The third-order valence-electron chi connectivity index (χ3n) is 2.34. The summed E-state index contributed by atoms with van der Waals surface area (Å²) in [4.78, 5) is 11.6. The molecule has 0 atom stereocenters. The standard InChI is InChI=1S/C14H18O2/c1-4-5-6-13(15)10-12-9-11(2)7-8-14(12)16-3/h5-9H,4,10H2,1-3H3/b6-5+. The zero-order valence-electron chi connectivity index (χ0n) is 10.1. The van der Waals surface area contributed by atoms with Crippen molar-refractivity contribution < 1.29 is 9.53 Å². The Morgan fingerprint density at radius 2 is 2.19 bits per heavy atom. The summed E-state index contributed by atoms with van der Waals surface area (Å²) in [7, 11) is 1.63. The van der Waals surface area contributed by atoms with Crippen molar-refractivity contribution in [3.8, 4) is 5.75 Å². The minimum atomic E-state index is 0.116. The maximum absolute atomic E-state index is 11.6. The summed E-state index contributed by atoms with van der Waals surface area (Å²) in [5.74, 6) is 0.898. The number of carbonyl (C=O) groups is 1. The highest BCUT2D eigenvalue weighted by atomic mass is 16.5. The molecule has 0 bridgehead atoms. The Hall–Kier alpha value is -1.57. The molecule has 0 unspecified atom stereocenters. The molecule has 2 nitrogen and oxygen atoms in total. The zero-order valence-corrected chi connectivity index (χ0v) is 10.1. The van der Waals surface area contributed by atoms with Crippen LogP contribution >= 0.6 is 0 Å². The van der Waals surface area contributed by atoms with Crippen LogP contribution in [0.25, 0.3) is 0 Å². The largest absolute Gasteiger partial charge is 0.496 e. The molecule has 0 aliphatic heterocycles. The van der Waals surface area contributed by atoms with Crippen LogP contribution in [0.1, 0.15) is 24.5 Å². The average molecular weight is 218 g/mol. The number of ether oxygens (including phenoxy) is 1. The van der Waals surface area contributed by atoms with Gasteiger partial charge in [-0.15, -0.1) is 0 Å². The van der Waals surface area contributed by atoms with Gasteiger partial charge >= 0.3 is 0 Å². The molecule has 0 aliphatic rings. The van der Waals surface area contributed by atoms with Crippen LogP contribution in [0, 0.1) is 6.92 Å². The molecule has 86 valence electrons. The van der Waals surface area contributed by atoms with Crippen LogP contribution in [0.5, 0.6) is 5.75 Å². The molecule has 1 aromatic carbocycles. The summed E-state index contributed by atoms with van der Waals surface area (Å²) in [6, 6.07) is 5.88. The molecule has 16 heavy (non-hydrogen) atoms. The van der Waals surface area contributed by atoms with E-state index in [9.17, 15) is 4.79 Å². The van der Waals surface area contributed by atoms with Crippen LogP contribution in [0.4, 0.5) is 0 Å². The van der Waals surface area contributed by atoms with Gasteiger partial charge in [0.2, 0.25) is 0 Å². The van der Waals surface area contributed by atoms with Crippen molar-refractivity contribution in [2.75, 3.05) is 7.11 Å². The first-order valence-corrected chi connectivity index (χ1v) is 5.50. The number of hydrogen-bond donors (Lipinski definition) is 0. The molecular weight excluding hydrogens is 200 g/mol. The van der Waals surface area contributed by atoms with E-state index in [2.05, 4.69) is 0 Å². The lowest BCUT2D eigenvalue weighted by molar-refractivity contribution is -0.114. The Bertz CT molecular complexity index is 392. The Balaban J connectivity index is 2.83. The molecule has 2 heteroatoms. The van der Waals surface area contributed by atoms with E-state index in [1.165, 1.54) is 0 Å². The number of allylic oxidation sites excluding steroid dienone is 2. The molecule has 0 aliphatic carbocycles. The van der Waals surface area contributed by atoms with Gasteiger partial charge in [0.1, 0.15) is 5.75 Å². The third-order valence-corrected chi connectivity index (χ3v) is 2.34. The first-order valence-electron chi connectivity index (χ1n) is 5.50. The van der Waals surface area contributed by atoms with E-state index in [-0.39, 0.29) is 5.78 Å². The maximum Gasteiger partial charge on any atom is 0.159 e. The van der Waals surface area contributed by atoms with Crippen molar-refractivity contribution >= 4 is 5.78 Å². The molecule has 0 saturated heterocycles. The summed E-state index contributed by atoms with van der Waals surface area (Å²) in [6.45, 7) is 4.02. The summed E-state index contributed by atoms with van der Waals surface area (Å²) >= 11 is 0. The minimum Gasteiger partial charge on any atom is -0.496 e. The van der Waals surface area contributed by atoms with Crippen molar-refractivity contribution in [2.24, 2.45) is 0 Å². The third kappa shape index (κ3) is 3.54. The van der Waals surface area contributed by atoms with E-state index in [4.69, 9.17) is 4.74 Å². The summed E-state index contributed by atoms with van der Waals surface area (Å²) in [5.41, 5.74) is 2.09. The molecular formula is C14H18O2. The van der Waals surface area contributed by atoms with Crippen LogP contribution in [0.3, 0.4) is 0 Å². The lowest BCUT2D eigenvalue weighted by Gasteiger charge is -2.07. The number of hydrogen-bond acceptors (Lipinski definition) is 2. The predicted octanol–water partition coefficient (Wildman–Crippen LogP) is 3.08. The molecule has 0 radical (unpaired) electrons. The smallest absolute Gasteiger partial charge is 0.159 e. The van der Waals surface area contributed by atoms with Gasteiger partial charge in [-0.2, -0.15) is 0 Å². The fourth-order valence-electron chi connectivity index (χ4n) is 1.54. The molecule has 0 saturated carbocycles. The second-order valence-corrected chi connectivity index (χ2v) is 3.77. The van der Waals surface area contributed by atoms with E-state index < -0.39 is 0 Å². The number of ketones is 1. The van der Waals surface area contributed by atoms with Gasteiger partial charge in [-0.3, -0.25) is 4.79 Å². The second kappa shape index (κ2) is 6.11. The van der Waals surface area contributed by atoms with Crippen LogP contribution in [0.2, 0.25) is 0 Å². The van der Waals surface area contributed by atoms with Gasteiger partial charge in [-0.1, -0.05) is 30.7 Å². The van der Waals surface area contributed by atoms with E-state index >= 15 is 0 Å². The van der Waals surface area contributed by atoms with Gasteiger partial charge in [0.05, 0.1) is 7.11 Å². The number of methoxy groups -OCH3 is 1. The summed E-state index contributed by atoms with van der Waals surface area (Å²) in [6.07, 6.45) is 4.81. The number of aryl methyl sites for hydroxylation is 1. The molecule has 1 rings (SSSR count). The van der Waals surface area contributed by atoms with Gasteiger partial charge in [0.15, 0.2) is 5.78 Å². The van der Waals surface area contributed by atoms with Crippen molar-refractivity contribution in [1.29, 1.82) is 0 Å². The highest BCUT2D eigenvalue weighted by Crippen LogP contribution is 2.20. The van der Waals surface area contributed by atoms with Crippen molar-refractivity contribution in [3.63, 3.8) is 0 Å². The summed E-state index contributed by atoms with van der Waals surface area (Å²) < 4.78 is 5.23. The van der Waals surface area contributed by atoms with Crippen LogP contribution < -0.4 is 4.74 Å². The van der Waals surface area contributed by atoms with Crippen molar-refractivity contribution in [2.45, 2.75) is 26.7 Å². The Kier molecular flexibility index (Phi) is 4.77. The number of rotatable bonds is 5. The fourth-order valence-corrected chi connectivity index (χ4v) is 1.54. The zero-order chi connectivity index (χ0) is 12.0. The first-order chi connectivity index (χ1) is 7.67. The number of carbonyl (C=O) groups excluding carboxylic acids is 1. The van der Waals surface area contributed by atoms with Crippen molar-refractivity contribution in [3.05, 3.63) is 41.5 Å². The molecule has 1 aromatic rings. The molecule has 0 spiro atoms. The van der Waals surface area contributed by atoms with Crippen LogP contribution in [-0.4, -0.2) is 12.9 Å². The lowest BCUT2D eigenvalue weighted by atomic mass is 10.0. The molecule has 0 N–H and O–H groups in total.